The molecule has 7 rings (SSSR count). The smallest absolute Gasteiger partial charge is 0.328 e. The maximum atomic E-state index is 13.1. The van der Waals surface area contributed by atoms with E-state index in [9.17, 15) is 9.59 Å². The molecule has 6 atom stereocenters. The van der Waals surface area contributed by atoms with Gasteiger partial charge in [-0.2, -0.15) is 0 Å². The zero-order chi connectivity index (χ0) is 42.8. The summed E-state index contributed by atoms with van der Waals surface area (Å²) >= 11 is 0. The van der Waals surface area contributed by atoms with Crippen LogP contribution >= 0.6 is 0 Å². The summed E-state index contributed by atoms with van der Waals surface area (Å²) in [7, 11) is 0. The van der Waals surface area contributed by atoms with Crippen molar-refractivity contribution in [1.82, 2.24) is 5.32 Å². The fourth-order valence-electron chi connectivity index (χ4n) is 7.18. The van der Waals surface area contributed by atoms with Crippen LogP contribution in [0.2, 0.25) is 0 Å². The van der Waals surface area contributed by atoms with Gasteiger partial charge in [-0.1, -0.05) is 152 Å². The number of carbonyl (C=O) groups is 2. The Balaban J connectivity index is 1.16. The van der Waals surface area contributed by atoms with Gasteiger partial charge < -0.3 is 38.5 Å². The van der Waals surface area contributed by atoms with Crippen molar-refractivity contribution in [2.24, 2.45) is 0 Å². The number of rotatable bonds is 21. The molecule has 10 nitrogen and oxygen atoms in total. The van der Waals surface area contributed by atoms with E-state index in [0.717, 1.165) is 27.8 Å². The number of ether oxygens (including phenoxy) is 7. The summed E-state index contributed by atoms with van der Waals surface area (Å²) in [6.45, 7) is 3.36. The second kappa shape index (κ2) is 23.2. The topological polar surface area (TPSA) is 111 Å². The summed E-state index contributed by atoms with van der Waals surface area (Å²) in [5, 5.41) is 2.85. The molecule has 1 amide bonds. The fourth-order valence-corrected chi connectivity index (χ4v) is 7.18. The van der Waals surface area contributed by atoms with Gasteiger partial charge in [0.15, 0.2) is 0 Å². The predicted octanol–water partition coefficient (Wildman–Crippen LogP) is 8.67. The van der Waals surface area contributed by atoms with Gasteiger partial charge in [0, 0.05) is 12.0 Å². The van der Waals surface area contributed by atoms with Gasteiger partial charge in [-0.3, -0.25) is 4.79 Å². The van der Waals surface area contributed by atoms with E-state index in [1.807, 2.05) is 152 Å². The van der Waals surface area contributed by atoms with Crippen LogP contribution in [0.5, 0.6) is 5.75 Å². The third-order valence-electron chi connectivity index (χ3n) is 10.4. The Hall–Kier alpha value is -6.14. The van der Waals surface area contributed by atoms with Crippen LogP contribution in [0, 0.1) is 0 Å². The Morgan fingerprint density at radius 2 is 1.02 bits per heavy atom. The summed E-state index contributed by atoms with van der Waals surface area (Å²) in [5.41, 5.74) is 5.24. The molecule has 0 bridgehead atoms. The van der Waals surface area contributed by atoms with E-state index in [1.165, 1.54) is 0 Å². The van der Waals surface area contributed by atoms with Crippen molar-refractivity contribution in [3.8, 4) is 5.75 Å². The van der Waals surface area contributed by atoms with E-state index in [-0.39, 0.29) is 32.1 Å². The van der Waals surface area contributed by atoms with Gasteiger partial charge in [-0.25, -0.2) is 4.79 Å². The Kier molecular flexibility index (Phi) is 16.4. The molecule has 1 fully saturated rings. The molecule has 6 aromatic carbocycles. The summed E-state index contributed by atoms with van der Waals surface area (Å²) in [5.74, 6) is -0.378. The molecule has 0 spiro atoms. The summed E-state index contributed by atoms with van der Waals surface area (Å²) < 4.78 is 45.7. The van der Waals surface area contributed by atoms with Crippen LogP contribution in [-0.4, -0.2) is 61.8 Å². The molecule has 0 radical (unpaired) electrons. The minimum absolute atomic E-state index is 0.185. The van der Waals surface area contributed by atoms with Crippen LogP contribution in [0.25, 0.3) is 0 Å². The van der Waals surface area contributed by atoms with Crippen LogP contribution in [0.15, 0.2) is 176 Å². The molecule has 1 aliphatic rings. The molecule has 1 N–H and O–H groups in total. The Labute approximate surface area is 363 Å². The van der Waals surface area contributed by atoms with Crippen molar-refractivity contribution in [1.29, 1.82) is 0 Å². The average Bonchev–Trinajstić information content (AvgIpc) is 3.32. The third kappa shape index (κ3) is 12.9. The van der Waals surface area contributed by atoms with E-state index in [1.54, 1.807) is 31.2 Å². The Morgan fingerprint density at radius 3 is 1.53 bits per heavy atom. The second-order valence-electron chi connectivity index (χ2n) is 14.9. The van der Waals surface area contributed by atoms with Crippen LogP contribution in [0.4, 0.5) is 0 Å². The predicted molar refractivity (Wildman–Crippen MR) is 235 cm³/mol. The lowest BCUT2D eigenvalue weighted by Gasteiger charge is -2.45. The molecule has 62 heavy (non-hydrogen) atoms. The first kappa shape index (κ1) is 43.9. The first-order chi connectivity index (χ1) is 30.5. The van der Waals surface area contributed by atoms with E-state index in [4.69, 9.17) is 33.2 Å². The molecule has 10 heteroatoms. The molecule has 0 unspecified atom stereocenters. The Bertz CT molecular complexity index is 2210. The van der Waals surface area contributed by atoms with E-state index in [2.05, 4.69) is 5.32 Å². The number of esters is 1. The highest BCUT2D eigenvalue weighted by atomic mass is 16.7. The van der Waals surface area contributed by atoms with Crippen molar-refractivity contribution in [3.05, 3.63) is 209 Å². The molecule has 1 heterocycles. The van der Waals surface area contributed by atoms with Gasteiger partial charge in [0.05, 0.1) is 39.6 Å². The lowest BCUT2D eigenvalue weighted by atomic mass is 9.97. The molecule has 1 aliphatic heterocycles. The van der Waals surface area contributed by atoms with Gasteiger partial charge >= 0.3 is 5.97 Å². The van der Waals surface area contributed by atoms with Crippen molar-refractivity contribution in [2.45, 2.75) is 76.5 Å². The number of benzene rings is 6. The van der Waals surface area contributed by atoms with E-state index in [0.29, 0.717) is 31.1 Å². The molecule has 320 valence electrons. The first-order valence-corrected chi connectivity index (χ1v) is 21.0. The number of hydrogen-bond donors (Lipinski definition) is 1. The highest BCUT2D eigenvalue weighted by Gasteiger charge is 2.50. The maximum absolute atomic E-state index is 13.1. The van der Waals surface area contributed by atoms with Gasteiger partial charge in [0.1, 0.15) is 36.2 Å². The lowest BCUT2D eigenvalue weighted by molar-refractivity contribution is -0.310. The highest BCUT2D eigenvalue weighted by molar-refractivity contribution is 5.96. The number of carbonyl (C=O) groups excluding carboxylic acids is 2. The van der Waals surface area contributed by atoms with Crippen LogP contribution in [0.3, 0.4) is 0 Å². The second-order valence-corrected chi connectivity index (χ2v) is 14.9. The van der Waals surface area contributed by atoms with Crippen LogP contribution in [0.1, 0.15) is 45.1 Å². The number of hydrogen-bond acceptors (Lipinski definition) is 9. The van der Waals surface area contributed by atoms with Gasteiger partial charge in [0.2, 0.25) is 6.29 Å². The van der Waals surface area contributed by atoms with Gasteiger partial charge in [0.25, 0.3) is 5.91 Å². The zero-order valence-corrected chi connectivity index (χ0v) is 34.8. The molecular formula is C52H53NO9. The van der Waals surface area contributed by atoms with Crippen LogP contribution < -0.4 is 10.1 Å². The fraction of sp³-hybridized carbons (Fsp3) is 0.269. The third-order valence-corrected chi connectivity index (χ3v) is 10.4. The minimum Gasteiger partial charge on any atom is -0.464 e. The van der Waals surface area contributed by atoms with Crippen LogP contribution in [-0.2, 0) is 66.1 Å². The largest absolute Gasteiger partial charge is 0.464 e. The summed E-state index contributed by atoms with van der Waals surface area (Å²) in [6, 6.07) is 55.1. The first-order valence-electron chi connectivity index (χ1n) is 21.0. The molecular weight excluding hydrogens is 783 g/mol. The molecule has 6 aromatic rings. The van der Waals surface area contributed by atoms with Gasteiger partial charge in [-0.15, -0.1) is 0 Å². The lowest BCUT2D eigenvalue weighted by Crippen LogP contribution is -2.62. The van der Waals surface area contributed by atoms with E-state index >= 15 is 0 Å². The SMILES string of the molecule is CCOC(=O)[C@H](Cc1ccc(O[C@H]2O[C@H](COCc3ccccc3)[C@@H](OCc3ccccc3)[C@H](OCc3ccccc3)[C@H]2OCc2ccccc2)cc1)NC(=O)c1ccccc1. The molecule has 1 saturated heterocycles. The monoisotopic (exact) mass is 835 g/mol. The molecule has 0 saturated carbocycles. The van der Waals surface area contributed by atoms with Gasteiger partial charge in [-0.05, 0) is 59.0 Å². The molecule has 0 aliphatic carbocycles. The standard InChI is InChI=1S/C52H53NO9/c1-2-57-51(55)45(53-50(54)43-26-16-7-17-27-43)32-38-28-30-44(31-29-38)61-52-49(60-36-42-24-14-6-15-25-42)48(59-35-41-22-12-5-13-23-41)47(58-34-40-20-10-4-11-21-40)46(62-52)37-56-33-39-18-8-3-9-19-39/h3-31,45-49,52H,2,32-37H2,1H3,(H,53,54)/t45-,46+,47+,48-,49+,52-/m0/s1. The van der Waals surface area contributed by atoms with E-state index < -0.39 is 42.7 Å². The maximum Gasteiger partial charge on any atom is 0.328 e. The number of nitrogens with one attached hydrogen (secondary N) is 1. The van der Waals surface area contributed by atoms with Crippen molar-refractivity contribution in [3.63, 3.8) is 0 Å². The highest BCUT2D eigenvalue weighted by Crippen LogP contribution is 2.33. The minimum atomic E-state index is -0.954. The average molecular weight is 836 g/mol. The zero-order valence-electron chi connectivity index (χ0n) is 34.8. The number of amides is 1. The van der Waals surface area contributed by atoms with Crippen molar-refractivity contribution in [2.75, 3.05) is 13.2 Å². The Morgan fingerprint density at radius 1 is 0.548 bits per heavy atom. The molecule has 0 aromatic heterocycles. The summed E-state index contributed by atoms with van der Waals surface area (Å²) in [6.07, 6.45) is -3.41. The summed E-state index contributed by atoms with van der Waals surface area (Å²) in [4.78, 5) is 26.1. The normalized spacial score (nSPS) is 19.0. The van der Waals surface area contributed by atoms with Crippen molar-refractivity contribution >= 4 is 11.9 Å². The quantitative estimate of drug-likeness (QED) is 0.0713. The van der Waals surface area contributed by atoms with Crippen molar-refractivity contribution < 1.29 is 42.7 Å².